The number of nitrogens with one attached hydrogen (secondary N) is 1. The van der Waals surface area contributed by atoms with E-state index in [0.29, 0.717) is 24.8 Å². The van der Waals surface area contributed by atoms with E-state index < -0.39 is 0 Å². The van der Waals surface area contributed by atoms with Crippen molar-refractivity contribution in [3.8, 4) is 5.75 Å². The zero-order chi connectivity index (χ0) is 14.5. The number of ether oxygens (including phenoxy) is 3. The number of rotatable bonds is 7. The highest BCUT2D eigenvalue weighted by molar-refractivity contribution is 5.38. The Bertz CT molecular complexity index is 430. The highest BCUT2D eigenvalue weighted by atomic mass is 16.5. The minimum absolute atomic E-state index is 0.319. The van der Waals surface area contributed by atoms with Gasteiger partial charge in [0.15, 0.2) is 0 Å². The fourth-order valence-electron chi connectivity index (χ4n) is 2.68. The first-order valence-corrected chi connectivity index (χ1v) is 7.12. The van der Waals surface area contributed by atoms with Crippen LogP contribution in [0, 0.1) is 0 Å². The summed E-state index contributed by atoms with van der Waals surface area (Å²) in [7, 11) is 5.17. The number of benzene rings is 1. The zero-order valence-electron chi connectivity index (χ0n) is 12.8. The van der Waals surface area contributed by atoms with Crippen molar-refractivity contribution in [2.75, 3.05) is 21.3 Å². The zero-order valence-corrected chi connectivity index (χ0v) is 12.8. The molecule has 0 saturated heterocycles. The van der Waals surface area contributed by atoms with Gasteiger partial charge in [0.25, 0.3) is 0 Å². The Morgan fingerprint density at radius 3 is 2.60 bits per heavy atom. The lowest BCUT2D eigenvalue weighted by atomic mass is 9.88. The fraction of sp³-hybridized carbons (Fsp3) is 0.625. The van der Waals surface area contributed by atoms with E-state index >= 15 is 0 Å². The molecule has 1 atom stereocenters. The van der Waals surface area contributed by atoms with Gasteiger partial charge in [0.2, 0.25) is 0 Å². The van der Waals surface area contributed by atoms with E-state index in [9.17, 15) is 0 Å². The SMILES string of the molecule is COCc1cc(C(C)NC2CC(OC)C2)ccc1OC. The lowest BCUT2D eigenvalue weighted by Crippen LogP contribution is -2.45. The van der Waals surface area contributed by atoms with Gasteiger partial charge in [0, 0.05) is 31.9 Å². The van der Waals surface area contributed by atoms with Crippen LogP contribution in [0.5, 0.6) is 5.75 Å². The average molecular weight is 279 g/mol. The molecule has 1 N–H and O–H groups in total. The molecule has 1 aliphatic carbocycles. The van der Waals surface area contributed by atoms with Crippen LogP contribution in [0.25, 0.3) is 0 Å². The largest absolute Gasteiger partial charge is 0.496 e. The number of methoxy groups -OCH3 is 3. The third kappa shape index (κ3) is 3.51. The second-order valence-electron chi connectivity index (χ2n) is 5.42. The lowest BCUT2D eigenvalue weighted by Gasteiger charge is -2.36. The Balaban J connectivity index is 1.98. The van der Waals surface area contributed by atoms with Gasteiger partial charge < -0.3 is 19.5 Å². The second kappa shape index (κ2) is 7.07. The molecule has 1 aliphatic rings. The van der Waals surface area contributed by atoms with Crippen molar-refractivity contribution in [3.05, 3.63) is 29.3 Å². The van der Waals surface area contributed by atoms with E-state index in [-0.39, 0.29) is 0 Å². The maximum atomic E-state index is 5.36. The Kier molecular flexibility index (Phi) is 5.40. The molecular formula is C16H25NO3. The van der Waals surface area contributed by atoms with Crippen molar-refractivity contribution in [3.63, 3.8) is 0 Å². The van der Waals surface area contributed by atoms with Crippen LogP contribution in [0.1, 0.15) is 36.9 Å². The molecule has 0 radical (unpaired) electrons. The molecule has 0 aromatic heterocycles. The average Bonchev–Trinajstić information content (AvgIpc) is 2.42. The van der Waals surface area contributed by atoms with Crippen LogP contribution in [-0.2, 0) is 16.1 Å². The van der Waals surface area contributed by atoms with Crippen LogP contribution in [0.2, 0.25) is 0 Å². The van der Waals surface area contributed by atoms with E-state index in [1.165, 1.54) is 5.56 Å². The molecule has 4 nitrogen and oxygen atoms in total. The molecule has 1 fully saturated rings. The molecule has 0 amide bonds. The molecule has 1 unspecified atom stereocenters. The van der Waals surface area contributed by atoms with Crippen molar-refractivity contribution in [1.29, 1.82) is 0 Å². The van der Waals surface area contributed by atoms with Gasteiger partial charge in [0.05, 0.1) is 19.8 Å². The first-order chi connectivity index (χ1) is 9.67. The van der Waals surface area contributed by atoms with Crippen LogP contribution in [0.3, 0.4) is 0 Å². The van der Waals surface area contributed by atoms with E-state index in [0.717, 1.165) is 24.2 Å². The summed E-state index contributed by atoms with van der Waals surface area (Å²) in [5.41, 5.74) is 2.35. The van der Waals surface area contributed by atoms with Crippen molar-refractivity contribution in [2.45, 2.75) is 44.6 Å². The van der Waals surface area contributed by atoms with Crippen molar-refractivity contribution >= 4 is 0 Å². The maximum absolute atomic E-state index is 5.36. The Hall–Kier alpha value is -1.10. The molecular weight excluding hydrogens is 254 g/mol. The topological polar surface area (TPSA) is 39.7 Å². The third-order valence-electron chi connectivity index (χ3n) is 4.02. The lowest BCUT2D eigenvalue weighted by molar-refractivity contribution is 0.0147. The predicted molar refractivity (Wildman–Crippen MR) is 79.1 cm³/mol. The minimum atomic E-state index is 0.319. The summed E-state index contributed by atoms with van der Waals surface area (Å²) in [6.45, 7) is 2.76. The summed E-state index contributed by atoms with van der Waals surface area (Å²) < 4.78 is 15.9. The van der Waals surface area contributed by atoms with E-state index in [1.807, 2.05) is 6.07 Å². The number of hydrogen-bond acceptors (Lipinski definition) is 4. The Morgan fingerprint density at radius 2 is 2.00 bits per heavy atom. The molecule has 2 rings (SSSR count). The van der Waals surface area contributed by atoms with Crippen LogP contribution in [-0.4, -0.2) is 33.5 Å². The van der Waals surface area contributed by atoms with Gasteiger partial charge in [0.1, 0.15) is 5.75 Å². The molecule has 0 heterocycles. The van der Waals surface area contributed by atoms with Crippen LogP contribution >= 0.6 is 0 Å². The maximum Gasteiger partial charge on any atom is 0.124 e. The van der Waals surface area contributed by atoms with Crippen LogP contribution < -0.4 is 10.1 Å². The summed E-state index contributed by atoms with van der Waals surface area (Å²) in [5, 5.41) is 3.64. The van der Waals surface area contributed by atoms with Crippen molar-refractivity contribution in [1.82, 2.24) is 5.32 Å². The van der Waals surface area contributed by atoms with Gasteiger partial charge in [-0.3, -0.25) is 0 Å². The standard InChI is InChI=1S/C16H25NO3/c1-11(17-14-8-15(9-14)19-3)12-5-6-16(20-4)13(7-12)10-18-2/h5-7,11,14-15,17H,8-10H2,1-4H3. The summed E-state index contributed by atoms with van der Waals surface area (Å²) >= 11 is 0. The van der Waals surface area contributed by atoms with Gasteiger partial charge in [-0.25, -0.2) is 0 Å². The summed E-state index contributed by atoms with van der Waals surface area (Å²) in [5.74, 6) is 0.880. The van der Waals surface area contributed by atoms with Gasteiger partial charge in [-0.15, -0.1) is 0 Å². The molecule has 0 aliphatic heterocycles. The molecule has 0 bridgehead atoms. The van der Waals surface area contributed by atoms with Crippen LogP contribution in [0.15, 0.2) is 18.2 Å². The number of hydrogen-bond donors (Lipinski definition) is 1. The van der Waals surface area contributed by atoms with Gasteiger partial charge >= 0.3 is 0 Å². The van der Waals surface area contributed by atoms with Gasteiger partial charge in [-0.2, -0.15) is 0 Å². The smallest absolute Gasteiger partial charge is 0.124 e. The van der Waals surface area contributed by atoms with Crippen molar-refractivity contribution in [2.24, 2.45) is 0 Å². The Labute approximate surface area is 121 Å². The molecule has 20 heavy (non-hydrogen) atoms. The Morgan fingerprint density at radius 1 is 1.25 bits per heavy atom. The highest BCUT2D eigenvalue weighted by Crippen LogP contribution is 2.28. The first-order valence-electron chi connectivity index (χ1n) is 7.12. The monoisotopic (exact) mass is 279 g/mol. The third-order valence-corrected chi connectivity index (χ3v) is 4.02. The second-order valence-corrected chi connectivity index (χ2v) is 5.42. The van der Waals surface area contributed by atoms with E-state index in [1.54, 1.807) is 21.3 Å². The summed E-state index contributed by atoms with van der Waals surface area (Å²) in [6, 6.07) is 7.16. The van der Waals surface area contributed by atoms with Gasteiger partial charge in [-0.1, -0.05) is 6.07 Å². The summed E-state index contributed by atoms with van der Waals surface area (Å²) in [6.07, 6.45) is 2.63. The molecule has 4 heteroatoms. The molecule has 0 spiro atoms. The normalized spacial score (nSPS) is 23.2. The molecule has 1 aromatic rings. The molecule has 1 aromatic carbocycles. The van der Waals surface area contributed by atoms with E-state index in [4.69, 9.17) is 14.2 Å². The highest BCUT2D eigenvalue weighted by Gasteiger charge is 2.29. The van der Waals surface area contributed by atoms with E-state index in [2.05, 4.69) is 24.4 Å². The minimum Gasteiger partial charge on any atom is -0.496 e. The quantitative estimate of drug-likeness (QED) is 0.833. The first kappa shape index (κ1) is 15.3. The van der Waals surface area contributed by atoms with Crippen LogP contribution in [0.4, 0.5) is 0 Å². The molecule has 112 valence electrons. The molecule has 1 saturated carbocycles. The fourth-order valence-corrected chi connectivity index (χ4v) is 2.68. The van der Waals surface area contributed by atoms with Gasteiger partial charge in [-0.05, 0) is 37.5 Å². The predicted octanol–water partition coefficient (Wildman–Crippen LogP) is 2.67. The van der Waals surface area contributed by atoms with Crippen molar-refractivity contribution < 1.29 is 14.2 Å². The summed E-state index contributed by atoms with van der Waals surface area (Å²) in [4.78, 5) is 0.